The Hall–Kier alpha value is -1.81. The van der Waals surface area contributed by atoms with Crippen LogP contribution in [0.2, 0.25) is 0 Å². The molecule has 0 radical (unpaired) electrons. The lowest BCUT2D eigenvalue weighted by Gasteiger charge is -2.28. The van der Waals surface area contributed by atoms with Crippen LogP contribution in [0.3, 0.4) is 0 Å². The first-order valence-electron chi connectivity index (χ1n) is 6.89. The summed E-state index contributed by atoms with van der Waals surface area (Å²) in [5.74, 6) is 0.449. The molecule has 1 aliphatic heterocycles. The van der Waals surface area contributed by atoms with Gasteiger partial charge < -0.3 is 14.4 Å². The molecule has 0 N–H and O–H groups in total. The molecule has 108 valence electrons. The number of piperidine rings is 1. The molecule has 1 aromatic rings. The molecule has 0 spiro atoms. The maximum absolute atomic E-state index is 11.8. The maximum Gasteiger partial charge on any atom is 0.331 e. The molecular formula is C16H21NO3. The largest absolute Gasteiger partial charge is 0.496 e. The molecular weight excluding hydrogens is 254 g/mol. The zero-order chi connectivity index (χ0) is 14.4. The van der Waals surface area contributed by atoms with E-state index in [1.807, 2.05) is 31.3 Å². The molecule has 0 bridgehead atoms. The molecule has 20 heavy (non-hydrogen) atoms. The van der Waals surface area contributed by atoms with E-state index in [9.17, 15) is 4.79 Å². The number of rotatable bonds is 4. The third-order valence-electron chi connectivity index (χ3n) is 3.40. The third kappa shape index (κ3) is 4.10. The summed E-state index contributed by atoms with van der Waals surface area (Å²) in [6, 6.07) is 7.56. The quantitative estimate of drug-likeness (QED) is 0.624. The van der Waals surface area contributed by atoms with Crippen LogP contribution < -0.4 is 4.74 Å². The molecule has 0 aromatic heterocycles. The molecule has 2 rings (SSSR count). The summed E-state index contributed by atoms with van der Waals surface area (Å²) in [6.07, 6.45) is 5.22. The highest BCUT2D eigenvalue weighted by Gasteiger charge is 2.19. The van der Waals surface area contributed by atoms with Crippen LogP contribution in [0.25, 0.3) is 6.08 Å². The van der Waals surface area contributed by atoms with E-state index in [0.717, 1.165) is 37.2 Å². The Labute approximate surface area is 120 Å². The van der Waals surface area contributed by atoms with Crippen LogP contribution in [0.4, 0.5) is 0 Å². The number of hydrogen-bond donors (Lipinski definition) is 0. The number of carbonyl (C=O) groups excluding carboxylic acids is 1. The minimum Gasteiger partial charge on any atom is -0.496 e. The van der Waals surface area contributed by atoms with Crippen molar-refractivity contribution >= 4 is 12.0 Å². The molecule has 0 unspecified atom stereocenters. The number of ether oxygens (including phenoxy) is 2. The minimum absolute atomic E-state index is 0.00330. The van der Waals surface area contributed by atoms with Crippen LogP contribution in [0.15, 0.2) is 30.3 Å². The van der Waals surface area contributed by atoms with Gasteiger partial charge in [-0.2, -0.15) is 0 Å². The van der Waals surface area contributed by atoms with Crippen molar-refractivity contribution in [3.05, 3.63) is 35.9 Å². The molecule has 0 aliphatic carbocycles. The van der Waals surface area contributed by atoms with Gasteiger partial charge in [-0.05, 0) is 38.6 Å². The summed E-state index contributed by atoms with van der Waals surface area (Å²) in [4.78, 5) is 14.0. The van der Waals surface area contributed by atoms with Gasteiger partial charge in [-0.3, -0.25) is 0 Å². The standard InChI is InChI=1S/C16H21NO3/c1-17-11-5-7-14(12-17)20-16(18)10-9-13-6-3-4-8-15(13)19-2/h3-4,6,8-10,14H,5,7,11-12H2,1-2H3/t14-/m0/s1. The van der Waals surface area contributed by atoms with Gasteiger partial charge in [0.05, 0.1) is 7.11 Å². The highest BCUT2D eigenvalue weighted by atomic mass is 16.5. The van der Waals surface area contributed by atoms with Crippen molar-refractivity contribution in [2.75, 3.05) is 27.2 Å². The van der Waals surface area contributed by atoms with Gasteiger partial charge in [-0.25, -0.2) is 4.79 Å². The lowest BCUT2D eigenvalue weighted by atomic mass is 10.1. The normalized spacial score (nSPS) is 20.0. The number of benzene rings is 1. The van der Waals surface area contributed by atoms with Crippen molar-refractivity contribution < 1.29 is 14.3 Å². The topological polar surface area (TPSA) is 38.8 Å². The van der Waals surface area contributed by atoms with E-state index < -0.39 is 0 Å². The Morgan fingerprint density at radius 1 is 1.40 bits per heavy atom. The lowest BCUT2D eigenvalue weighted by Crippen LogP contribution is -2.37. The fourth-order valence-electron chi connectivity index (χ4n) is 2.38. The summed E-state index contributed by atoms with van der Waals surface area (Å²) in [6.45, 7) is 1.89. The van der Waals surface area contributed by atoms with Gasteiger partial charge >= 0.3 is 5.97 Å². The van der Waals surface area contributed by atoms with E-state index in [0.29, 0.717) is 0 Å². The molecule has 0 saturated carbocycles. The fraction of sp³-hybridized carbons (Fsp3) is 0.438. The van der Waals surface area contributed by atoms with Crippen LogP contribution in [-0.4, -0.2) is 44.2 Å². The van der Waals surface area contributed by atoms with Crippen molar-refractivity contribution in [1.29, 1.82) is 0 Å². The summed E-state index contributed by atoms with van der Waals surface area (Å²) in [7, 11) is 3.66. The fourth-order valence-corrected chi connectivity index (χ4v) is 2.38. The van der Waals surface area contributed by atoms with Crippen LogP contribution in [0.1, 0.15) is 18.4 Å². The summed E-state index contributed by atoms with van der Waals surface area (Å²) in [5.41, 5.74) is 0.868. The average molecular weight is 275 g/mol. The van der Waals surface area contributed by atoms with Gasteiger partial charge in [0, 0.05) is 18.2 Å². The molecule has 1 saturated heterocycles. The Morgan fingerprint density at radius 3 is 2.95 bits per heavy atom. The first kappa shape index (κ1) is 14.6. The molecule has 1 heterocycles. The zero-order valence-corrected chi connectivity index (χ0v) is 12.0. The number of likely N-dealkylation sites (tertiary alicyclic amines) is 1. The van der Waals surface area contributed by atoms with Crippen molar-refractivity contribution in [2.24, 2.45) is 0 Å². The first-order valence-corrected chi connectivity index (χ1v) is 6.89. The van der Waals surface area contributed by atoms with Gasteiger partial charge in [0.15, 0.2) is 0 Å². The van der Waals surface area contributed by atoms with E-state index >= 15 is 0 Å². The van der Waals surface area contributed by atoms with Gasteiger partial charge in [-0.1, -0.05) is 18.2 Å². The highest BCUT2D eigenvalue weighted by molar-refractivity contribution is 5.87. The maximum atomic E-state index is 11.8. The number of esters is 1. The highest BCUT2D eigenvalue weighted by Crippen LogP contribution is 2.19. The second kappa shape index (κ2) is 7.10. The van der Waals surface area contributed by atoms with Crippen LogP contribution in [-0.2, 0) is 9.53 Å². The molecule has 1 fully saturated rings. The van der Waals surface area contributed by atoms with Gasteiger partial charge in [0.25, 0.3) is 0 Å². The van der Waals surface area contributed by atoms with Gasteiger partial charge in [0.2, 0.25) is 0 Å². The van der Waals surface area contributed by atoms with E-state index in [-0.39, 0.29) is 12.1 Å². The summed E-state index contributed by atoms with van der Waals surface area (Å²) >= 11 is 0. The number of hydrogen-bond acceptors (Lipinski definition) is 4. The van der Waals surface area contributed by atoms with E-state index in [1.54, 1.807) is 13.2 Å². The van der Waals surface area contributed by atoms with Gasteiger partial charge in [-0.15, -0.1) is 0 Å². The average Bonchev–Trinajstić information content (AvgIpc) is 2.45. The van der Waals surface area contributed by atoms with Crippen molar-refractivity contribution in [1.82, 2.24) is 4.90 Å². The van der Waals surface area contributed by atoms with E-state index in [4.69, 9.17) is 9.47 Å². The van der Waals surface area contributed by atoms with Crippen LogP contribution in [0.5, 0.6) is 5.75 Å². The Balaban J connectivity index is 1.92. The molecule has 0 amide bonds. The number of carbonyl (C=O) groups is 1. The number of nitrogens with zero attached hydrogens (tertiary/aromatic N) is 1. The predicted molar refractivity (Wildman–Crippen MR) is 78.6 cm³/mol. The van der Waals surface area contributed by atoms with Crippen molar-refractivity contribution in [2.45, 2.75) is 18.9 Å². The SMILES string of the molecule is COc1ccccc1C=CC(=O)O[C@H]1CCCN(C)C1. The van der Waals surface area contributed by atoms with Crippen LogP contribution >= 0.6 is 0 Å². The minimum atomic E-state index is -0.295. The van der Waals surface area contributed by atoms with E-state index in [2.05, 4.69) is 4.90 Å². The van der Waals surface area contributed by atoms with Gasteiger partial charge in [0.1, 0.15) is 11.9 Å². The Kier molecular flexibility index (Phi) is 5.18. The number of methoxy groups -OCH3 is 1. The third-order valence-corrected chi connectivity index (χ3v) is 3.40. The van der Waals surface area contributed by atoms with Crippen LogP contribution in [0, 0.1) is 0 Å². The molecule has 1 aromatic carbocycles. The first-order chi connectivity index (χ1) is 9.69. The summed E-state index contributed by atoms with van der Waals surface area (Å²) < 4.78 is 10.7. The molecule has 1 aliphatic rings. The second-order valence-corrected chi connectivity index (χ2v) is 5.04. The molecule has 1 atom stereocenters. The smallest absolute Gasteiger partial charge is 0.331 e. The lowest BCUT2D eigenvalue weighted by molar-refractivity contribution is -0.145. The van der Waals surface area contributed by atoms with E-state index in [1.165, 1.54) is 6.08 Å². The Morgan fingerprint density at radius 2 is 2.20 bits per heavy atom. The van der Waals surface area contributed by atoms with Crippen molar-refractivity contribution in [3.63, 3.8) is 0 Å². The number of likely N-dealkylation sites (N-methyl/N-ethyl adjacent to an activating group) is 1. The molecule has 4 heteroatoms. The monoisotopic (exact) mass is 275 g/mol. The Bertz CT molecular complexity index is 484. The zero-order valence-electron chi connectivity index (χ0n) is 12.0. The second-order valence-electron chi connectivity index (χ2n) is 5.04. The molecule has 4 nitrogen and oxygen atoms in total. The van der Waals surface area contributed by atoms with Crippen molar-refractivity contribution in [3.8, 4) is 5.75 Å². The number of para-hydroxylation sites is 1. The predicted octanol–water partition coefficient (Wildman–Crippen LogP) is 2.35. The summed E-state index contributed by atoms with van der Waals surface area (Å²) in [5, 5.41) is 0.